The molecule has 4 aromatic rings. The average Bonchev–Trinajstić information content (AvgIpc) is 3.24. The monoisotopic (exact) mass is 335 g/mol. The third-order valence-corrected chi connectivity index (χ3v) is 4.85. The number of aryl methyl sites for hydroxylation is 2. The molecule has 5 nitrogen and oxygen atoms in total. The highest BCUT2D eigenvalue weighted by Gasteiger charge is 2.17. The third-order valence-electron chi connectivity index (χ3n) is 3.91. The summed E-state index contributed by atoms with van der Waals surface area (Å²) in [5.41, 5.74) is 3.37. The van der Waals surface area contributed by atoms with E-state index < -0.39 is 0 Å². The predicted molar refractivity (Wildman–Crippen MR) is 96.5 cm³/mol. The average molecular weight is 335 g/mol. The number of nitrogens with zero attached hydrogens (tertiary/aromatic N) is 4. The van der Waals surface area contributed by atoms with Gasteiger partial charge in [-0.3, -0.25) is 0 Å². The first-order valence-electron chi connectivity index (χ1n) is 7.74. The molecule has 3 aromatic heterocycles. The molecule has 0 bridgehead atoms. The van der Waals surface area contributed by atoms with E-state index in [0.717, 1.165) is 11.5 Å². The number of rotatable bonds is 4. The topological polar surface area (TPSA) is 55.1 Å². The van der Waals surface area contributed by atoms with Gasteiger partial charge in [0.15, 0.2) is 0 Å². The number of fused-ring (bicyclic) bond motifs is 1. The molecule has 0 spiro atoms. The van der Waals surface area contributed by atoms with Crippen LogP contribution >= 0.6 is 11.3 Å². The highest BCUT2D eigenvalue weighted by atomic mass is 32.1. The van der Waals surface area contributed by atoms with Crippen LogP contribution in [0.4, 0.5) is 5.82 Å². The maximum atomic E-state index is 4.40. The van der Waals surface area contributed by atoms with E-state index in [4.69, 9.17) is 0 Å². The van der Waals surface area contributed by atoms with Crippen molar-refractivity contribution in [2.45, 2.75) is 19.9 Å². The standard InChI is InChI=1S/C18H17N5S/c1-12-5-7-14(8-6-12)17(15-4-3-9-24-15)22-16-10-13(2)21-18-19-11-20-23(16)18/h3-11,17,22H,1-2H3/t17-/m0/s1. The number of hydrogen-bond acceptors (Lipinski definition) is 5. The molecule has 0 saturated carbocycles. The van der Waals surface area contributed by atoms with Gasteiger partial charge in [0.2, 0.25) is 0 Å². The summed E-state index contributed by atoms with van der Waals surface area (Å²) < 4.78 is 1.74. The maximum Gasteiger partial charge on any atom is 0.254 e. The summed E-state index contributed by atoms with van der Waals surface area (Å²) in [5.74, 6) is 1.49. The number of benzene rings is 1. The van der Waals surface area contributed by atoms with Crippen LogP contribution in [0.2, 0.25) is 0 Å². The van der Waals surface area contributed by atoms with Crippen molar-refractivity contribution < 1.29 is 0 Å². The van der Waals surface area contributed by atoms with E-state index in [1.165, 1.54) is 22.3 Å². The summed E-state index contributed by atoms with van der Waals surface area (Å²) in [6, 6.07) is 14.9. The Bertz CT molecular complexity index is 957. The van der Waals surface area contributed by atoms with Crippen LogP contribution in [-0.2, 0) is 0 Å². The molecule has 3 heterocycles. The van der Waals surface area contributed by atoms with Gasteiger partial charge in [0.25, 0.3) is 5.78 Å². The molecular formula is C18H17N5S. The largest absolute Gasteiger partial charge is 0.358 e. The Hall–Kier alpha value is -2.73. The van der Waals surface area contributed by atoms with E-state index in [1.54, 1.807) is 15.9 Å². The zero-order chi connectivity index (χ0) is 16.5. The molecule has 120 valence electrons. The molecule has 0 saturated heterocycles. The molecule has 0 aliphatic carbocycles. The van der Waals surface area contributed by atoms with Crippen LogP contribution in [-0.4, -0.2) is 19.6 Å². The van der Waals surface area contributed by atoms with E-state index in [2.05, 4.69) is 69.1 Å². The van der Waals surface area contributed by atoms with Crippen molar-refractivity contribution in [1.29, 1.82) is 0 Å². The Morgan fingerprint density at radius 2 is 1.96 bits per heavy atom. The van der Waals surface area contributed by atoms with Crippen molar-refractivity contribution in [3.63, 3.8) is 0 Å². The van der Waals surface area contributed by atoms with Crippen LogP contribution in [0.3, 0.4) is 0 Å². The van der Waals surface area contributed by atoms with Crippen LogP contribution in [0.25, 0.3) is 5.78 Å². The molecule has 4 rings (SSSR count). The lowest BCUT2D eigenvalue weighted by Crippen LogP contribution is -2.14. The normalized spacial score (nSPS) is 12.4. The fraction of sp³-hybridized carbons (Fsp3) is 0.167. The molecule has 0 fully saturated rings. The Morgan fingerprint density at radius 1 is 1.12 bits per heavy atom. The Labute approximate surface area is 144 Å². The van der Waals surface area contributed by atoms with E-state index >= 15 is 0 Å². The number of nitrogens with one attached hydrogen (secondary N) is 1. The fourth-order valence-electron chi connectivity index (χ4n) is 2.71. The second-order valence-electron chi connectivity index (χ2n) is 5.76. The molecule has 24 heavy (non-hydrogen) atoms. The van der Waals surface area contributed by atoms with Gasteiger partial charge in [0.05, 0.1) is 6.04 Å². The van der Waals surface area contributed by atoms with E-state index in [9.17, 15) is 0 Å². The first-order chi connectivity index (χ1) is 11.7. The van der Waals surface area contributed by atoms with Crippen molar-refractivity contribution in [2.24, 2.45) is 0 Å². The Morgan fingerprint density at radius 3 is 2.71 bits per heavy atom. The van der Waals surface area contributed by atoms with Crippen LogP contribution in [0, 0.1) is 13.8 Å². The summed E-state index contributed by atoms with van der Waals surface area (Å²) in [5, 5.41) is 10.0. The van der Waals surface area contributed by atoms with Crippen molar-refractivity contribution in [3.05, 3.63) is 75.9 Å². The lowest BCUT2D eigenvalue weighted by atomic mass is 10.0. The first kappa shape index (κ1) is 14.8. The Balaban J connectivity index is 1.79. The summed E-state index contributed by atoms with van der Waals surface area (Å²) in [7, 11) is 0. The second kappa shape index (κ2) is 6.05. The van der Waals surface area contributed by atoms with Crippen molar-refractivity contribution in [3.8, 4) is 0 Å². The Kier molecular flexibility index (Phi) is 3.74. The van der Waals surface area contributed by atoms with Gasteiger partial charge in [0.1, 0.15) is 12.1 Å². The number of thiophene rings is 1. The maximum absolute atomic E-state index is 4.40. The molecule has 1 atom stereocenters. The molecule has 0 aliphatic heterocycles. The number of hydrogen-bond donors (Lipinski definition) is 1. The highest BCUT2D eigenvalue weighted by Crippen LogP contribution is 2.30. The van der Waals surface area contributed by atoms with Crippen LogP contribution in [0.5, 0.6) is 0 Å². The molecule has 0 radical (unpaired) electrons. The van der Waals surface area contributed by atoms with Crippen LogP contribution in [0.1, 0.15) is 27.7 Å². The van der Waals surface area contributed by atoms with Crippen molar-refractivity contribution in [1.82, 2.24) is 19.6 Å². The van der Waals surface area contributed by atoms with Crippen LogP contribution in [0.15, 0.2) is 54.2 Å². The lowest BCUT2D eigenvalue weighted by molar-refractivity contribution is 0.878. The quantitative estimate of drug-likeness (QED) is 0.612. The predicted octanol–water partition coefficient (Wildman–Crippen LogP) is 4.00. The van der Waals surface area contributed by atoms with E-state index in [1.807, 2.05) is 13.0 Å². The molecule has 0 unspecified atom stereocenters. The van der Waals surface area contributed by atoms with Gasteiger partial charge < -0.3 is 5.32 Å². The van der Waals surface area contributed by atoms with Gasteiger partial charge >= 0.3 is 0 Å². The van der Waals surface area contributed by atoms with Gasteiger partial charge in [-0.15, -0.1) is 11.3 Å². The van der Waals surface area contributed by atoms with Crippen molar-refractivity contribution >= 4 is 22.9 Å². The first-order valence-corrected chi connectivity index (χ1v) is 8.62. The minimum absolute atomic E-state index is 0.0554. The fourth-order valence-corrected chi connectivity index (χ4v) is 3.52. The smallest absolute Gasteiger partial charge is 0.254 e. The summed E-state index contributed by atoms with van der Waals surface area (Å²) in [6.45, 7) is 4.06. The molecule has 1 aromatic carbocycles. The highest BCUT2D eigenvalue weighted by molar-refractivity contribution is 7.10. The number of aromatic nitrogens is 4. The van der Waals surface area contributed by atoms with Crippen LogP contribution < -0.4 is 5.32 Å². The zero-order valence-electron chi connectivity index (χ0n) is 13.5. The van der Waals surface area contributed by atoms with Crippen molar-refractivity contribution in [2.75, 3.05) is 5.32 Å². The van der Waals surface area contributed by atoms with Gasteiger partial charge in [-0.2, -0.15) is 14.6 Å². The van der Waals surface area contributed by atoms with E-state index in [0.29, 0.717) is 5.78 Å². The molecule has 0 aliphatic rings. The SMILES string of the molecule is Cc1ccc([C@H](Nc2cc(C)nc3ncnn23)c2cccs2)cc1. The lowest BCUT2D eigenvalue weighted by Gasteiger charge is -2.20. The molecule has 6 heteroatoms. The minimum atomic E-state index is 0.0554. The molecular weight excluding hydrogens is 318 g/mol. The zero-order valence-corrected chi connectivity index (χ0v) is 14.3. The van der Waals surface area contributed by atoms with Gasteiger partial charge in [-0.25, -0.2) is 4.98 Å². The second-order valence-corrected chi connectivity index (χ2v) is 6.74. The summed E-state index contributed by atoms with van der Waals surface area (Å²) in [4.78, 5) is 9.85. The minimum Gasteiger partial charge on any atom is -0.358 e. The van der Waals surface area contributed by atoms with E-state index in [-0.39, 0.29) is 6.04 Å². The van der Waals surface area contributed by atoms with Gasteiger partial charge in [-0.05, 0) is 30.9 Å². The number of anilines is 1. The van der Waals surface area contributed by atoms with Gasteiger partial charge in [0, 0.05) is 16.6 Å². The molecule has 1 N–H and O–H groups in total. The molecule has 0 amide bonds. The van der Waals surface area contributed by atoms with Gasteiger partial charge in [-0.1, -0.05) is 35.9 Å². The summed E-state index contributed by atoms with van der Waals surface area (Å²) in [6.07, 6.45) is 1.53. The third kappa shape index (κ3) is 2.76. The summed E-state index contributed by atoms with van der Waals surface area (Å²) >= 11 is 1.74.